The van der Waals surface area contributed by atoms with E-state index in [1.54, 1.807) is 24.4 Å². The molecule has 0 bridgehead atoms. The predicted molar refractivity (Wildman–Crippen MR) is 98.3 cm³/mol. The first-order valence-corrected chi connectivity index (χ1v) is 8.29. The average Bonchev–Trinajstić information content (AvgIpc) is 2.61. The van der Waals surface area contributed by atoms with Crippen molar-refractivity contribution < 1.29 is 5.11 Å². The van der Waals surface area contributed by atoms with Gasteiger partial charge in [0.05, 0.1) is 5.39 Å². The summed E-state index contributed by atoms with van der Waals surface area (Å²) in [5, 5.41) is 11.4. The van der Waals surface area contributed by atoms with Crippen LogP contribution < -0.4 is 5.56 Å². The summed E-state index contributed by atoms with van der Waals surface area (Å²) in [6.07, 6.45) is 1.68. The molecule has 3 aromatic rings. The number of phenolic OH excluding ortho intramolecular Hbond substituents is 1. The maximum atomic E-state index is 12.0. The van der Waals surface area contributed by atoms with E-state index in [-0.39, 0.29) is 11.3 Å². The Labute approximate surface area is 141 Å². The number of benzene rings is 2. The lowest BCUT2D eigenvalue weighted by Crippen LogP contribution is -2.22. The highest BCUT2D eigenvalue weighted by Gasteiger charge is 2.11. The Morgan fingerprint density at radius 2 is 1.83 bits per heavy atom. The van der Waals surface area contributed by atoms with Crippen molar-refractivity contribution in [3.8, 4) is 16.9 Å². The number of aromatic nitrogens is 1. The lowest BCUT2D eigenvalue weighted by molar-refractivity contribution is 0.296. The van der Waals surface area contributed by atoms with E-state index in [2.05, 4.69) is 35.9 Å². The van der Waals surface area contributed by atoms with Crippen LogP contribution in [0.3, 0.4) is 0 Å². The Morgan fingerprint density at radius 3 is 2.58 bits per heavy atom. The molecule has 0 unspecified atom stereocenters. The zero-order valence-corrected chi connectivity index (χ0v) is 14.0. The van der Waals surface area contributed by atoms with Crippen molar-refractivity contribution in [3.05, 3.63) is 64.6 Å². The summed E-state index contributed by atoms with van der Waals surface area (Å²) >= 11 is 0. The van der Waals surface area contributed by atoms with Gasteiger partial charge in [0.2, 0.25) is 0 Å². The van der Waals surface area contributed by atoms with Crippen molar-refractivity contribution >= 4 is 10.8 Å². The molecule has 2 aromatic carbocycles. The third-order valence-electron chi connectivity index (χ3n) is 4.44. The van der Waals surface area contributed by atoms with Crippen molar-refractivity contribution in [1.29, 1.82) is 0 Å². The van der Waals surface area contributed by atoms with Crippen LogP contribution in [0.15, 0.2) is 53.5 Å². The van der Waals surface area contributed by atoms with Gasteiger partial charge in [0.1, 0.15) is 5.75 Å². The molecule has 1 aromatic heterocycles. The largest absolute Gasteiger partial charge is 0.507 e. The second kappa shape index (κ2) is 6.89. The van der Waals surface area contributed by atoms with Crippen LogP contribution in [0.25, 0.3) is 21.9 Å². The SMILES string of the molecule is CCN(CC)Cc1cccc(-c2c[nH]c(=O)c3cccc(O)c23)c1. The van der Waals surface area contributed by atoms with E-state index in [1.165, 1.54) is 5.56 Å². The lowest BCUT2D eigenvalue weighted by Gasteiger charge is -2.18. The summed E-state index contributed by atoms with van der Waals surface area (Å²) in [5.74, 6) is 0.128. The Kier molecular flexibility index (Phi) is 4.67. The van der Waals surface area contributed by atoms with Gasteiger partial charge in [-0.15, -0.1) is 0 Å². The number of fused-ring (bicyclic) bond motifs is 1. The number of aromatic amines is 1. The second-order valence-corrected chi connectivity index (χ2v) is 5.89. The molecule has 0 saturated carbocycles. The summed E-state index contributed by atoms with van der Waals surface area (Å²) in [4.78, 5) is 17.2. The number of aromatic hydroxyl groups is 1. The topological polar surface area (TPSA) is 56.3 Å². The third-order valence-corrected chi connectivity index (χ3v) is 4.44. The molecule has 0 fully saturated rings. The lowest BCUT2D eigenvalue weighted by atomic mass is 9.98. The van der Waals surface area contributed by atoms with Crippen molar-refractivity contribution in [1.82, 2.24) is 9.88 Å². The van der Waals surface area contributed by atoms with E-state index in [0.717, 1.165) is 30.8 Å². The number of rotatable bonds is 5. The zero-order chi connectivity index (χ0) is 17.1. The highest BCUT2D eigenvalue weighted by atomic mass is 16.3. The highest BCUT2D eigenvalue weighted by molar-refractivity contribution is 5.99. The molecule has 4 heteroatoms. The van der Waals surface area contributed by atoms with E-state index < -0.39 is 0 Å². The van der Waals surface area contributed by atoms with E-state index in [0.29, 0.717) is 10.8 Å². The Bertz CT molecular complexity index is 911. The normalized spacial score (nSPS) is 11.3. The molecule has 0 spiro atoms. The summed E-state index contributed by atoms with van der Waals surface area (Å²) in [6.45, 7) is 7.20. The van der Waals surface area contributed by atoms with Crippen molar-refractivity contribution in [2.75, 3.05) is 13.1 Å². The maximum Gasteiger partial charge on any atom is 0.255 e. The minimum absolute atomic E-state index is 0.128. The van der Waals surface area contributed by atoms with Crippen LogP contribution >= 0.6 is 0 Å². The summed E-state index contributed by atoms with van der Waals surface area (Å²) in [5.41, 5.74) is 2.85. The number of nitrogens with zero attached hydrogens (tertiary/aromatic N) is 1. The fraction of sp³-hybridized carbons (Fsp3) is 0.250. The van der Waals surface area contributed by atoms with Gasteiger partial charge in [-0.1, -0.05) is 38.1 Å². The van der Waals surface area contributed by atoms with Gasteiger partial charge in [-0.3, -0.25) is 9.69 Å². The van der Waals surface area contributed by atoms with Crippen molar-refractivity contribution in [2.24, 2.45) is 0 Å². The standard InChI is InChI=1S/C20H22N2O2/c1-3-22(4-2)13-14-7-5-8-15(11-14)17-12-21-20(24)16-9-6-10-18(23)19(16)17/h5-12,23H,3-4,13H2,1-2H3,(H,21,24). The van der Waals surface area contributed by atoms with Gasteiger partial charge in [-0.25, -0.2) is 0 Å². The van der Waals surface area contributed by atoms with Gasteiger partial charge in [0.15, 0.2) is 0 Å². The van der Waals surface area contributed by atoms with Gasteiger partial charge >= 0.3 is 0 Å². The second-order valence-electron chi connectivity index (χ2n) is 5.89. The summed E-state index contributed by atoms with van der Waals surface area (Å²) in [7, 11) is 0. The molecule has 0 aliphatic heterocycles. The summed E-state index contributed by atoms with van der Waals surface area (Å²) in [6, 6.07) is 13.3. The number of hydrogen-bond acceptors (Lipinski definition) is 3. The van der Waals surface area contributed by atoms with Crippen LogP contribution in [0, 0.1) is 0 Å². The Hall–Kier alpha value is -2.59. The molecule has 4 nitrogen and oxygen atoms in total. The van der Waals surface area contributed by atoms with Crippen LogP contribution in [-0.2, 0) is 6.54 Å². The van der Waals surface area contributed by atoms with Gasteiger partial charge in [0, 0.05) is 23.7 Å². The first kappa shape index (κ1) is 16.3. The average molecular weight is 322 g/mol. The zero-order valence-electron chi connectivity index (χ0n) is 14.0. The molecule has 0 aliphatic rings. The van der Waals surface area contributed by atoms with Crippen molar-refractivity contribution in [2.45, 2.75) is 20.4 Å². The fourth-order valence-electron chi connectivity index (χ4n) is 3.07. The Balaban J connectivity index is 2.12. The van der Waals surface area contributed by atoms with Crippen LogP contribution in [0.2, 0.25) is 0 Å². The minimum atomic E-state index is -0.191. The maximum absolute atomic E-state index is 12.0. The van der Waals surface area contributed by atoms with Gasteiger partial charge in [-0.2, -0.15) is 0 Å². The van der Waals surface area contributed by atoms with E-state index in [1.807, 2.05) is 12.1 Å². The van der Waals surface area contributed by atoms with E-state index >= 15 is 0 Å². The fourth-order valence-corrected chi connectivity index (χ4v) is 3.07. The first-order chi connectivity index (χ1) is 11.6. The molecule has 124 valence electrons. The number of hydrogen-bond donors (Lipinski definition) is 2. The monoisotopic (exact) mass is 322 g/mol. The number of H-pyrrole nitrogens is 1. The summed E-state index contributed by atoms with van der Waals surface area (Å²) < 4.78 is 0. The van der Waals surface area contributed by atoms with Gasteiger partial charge < -0.3 is 10.1 Å². The third kappa shape index (κ3) is 3.05. The molecule has 1 heterocycles. The molecule has 0 amide bonds. The van der Waals surface area contributed by atoms with Crippen LogP contribution in [0.4, 0.5) is 0 Å². The molecule has 3 rings (SSSR count). The Morgan fingerprint density at radius 1 is 1.08 bits per heavy atom. The molecule has 0 radical (unpaired) electrons. The highest BCUT2D eigenvalue weighted by Crippen LogP contribution is 2.32. The predicted octanol–water partition coefficient (Wildman–Crippen LogP) is 3.74. The molecule has 0 saturated heterocycles. The van der Waals surface area contributed by atoms with E-state index in [9.17, 15) is 9.90 Å². The number of phenols is 1. The molecule has 24 heavy (non-hydrogen) atoms. The molecule has 0 aliphatic carbocycles. The van der Waals surface area contributed by atoms with Crippen LogP contribution in [-0.4, -0.2) is 28.1 Å². The van der Waals surface area contributed by atoms with Crippen molar-refractivity contribution in [3.63, 3.8) is 0 Å². The number of nitrogens with one attached hydrogen (secondary N) is 1. The smallest absolute Gasteiger partial charge is 0.255 e. The van der Waals surface area contributed by atoms with Gasteiger partial charge in [-0.05, 0) is 42.4 Å². The van der Waals surface area contributed by atoms with Crippen LogP contribution in [0.1, 0.15) is 19.4 Å². The molecule has 2 N–H and O–H groups in total. The van der Waals surface area contributed by atoms with Crippen LogP contribution in [0.5, 0.6) is 5.75 Å². The molecule has 0 atom stereocenters. The molecular formula is C20H22N2O2. The van der Waals surface area contributed by atoms with Gasteiger partial charge in [0.25, 0.3) is 5.56 Å². The molecular weight excluding hydrogens is 300 g/mol. The van der Waals surface area contributed by atoms with E-state index in [4.69, 9.17) is 0 Å². The quantitative estimate of drug-likeness (QED) is 0.752. The first-order valence-electron chi connectivity index (χ1n) is 8.29. The number of pyridine rings is 1. The minimum Gasteiger partial charge on any atom is -0.507 e.